The first-order valence-electron chi connectivity index (χ1n) is 4.82. The van der Waals surface area contributed by atoms with Gasteiger partial charge in [-0.1, -0.05) is 0 Å². The molecule has 0 aromatic rings. The molecular formula is C9H17FN2. The third kappa shape index (κ3) is 1.77. The highest BCUT2D eigenvalue weighted by molar-refractivity contribution is 4.90. The highest BCUT2D eigenvalue weighted by atomic mass is 19.1. The molecule has 0 bridgehead atoms. The SMILES string of the molecule is CN1CCC(N[C@H]2C[C@H](F)C2)C1. The van der Waals surface area contributed by atoms with Crippen LogP contribution < -0.4 is 5.32 Å². The van der Waals surface area contributed by atoms with Crippen LogP contribution in [-0.4, -0.2) is 43.3 Å². The number of nitrogens with zero attached hydrogens (tertiary/aromatic N) is 1. The van der Waals surface area contributed by atoms with Gasteiger partial charge in [0.1, 0.15) is 6.17 Å². The Balaban J connectivity index is 1.67. The minimum Gasteiger partial charge on any atom is -0.310 e. The normalized spacial score (nSPS) is 43.0. The summed E-state index contributed by atoms with van der Waals surface area (Å²) in [6.07, 6.45) is 2.17. The van der Waals surface area contributed by atoms with E-state index in [1.807, 2.05) is 0 Å². The van der Waals surface area contributed by atoms with Gasteiger partial charge in [-0.05, 0) is 32.9 Å². The van der Waals surface area contributed by atoms with Crippen LogP contribution in [0.1, 0.15) is 19.3 Å². The summed E-state index contributed by atoms with van der Waals surface area (Å²) in [4.78, 5) is 2.32. The van der Waals surface area contributed by atoms with Crippen molar-refractivity contribution in [2.45, 2.75) is 37.5 Å². The standard InChI is InChI=1S/C9H17FN2/c1-12-3-2-8(6-12)11-9-4-7(10)5-9/h7-9,11H,2-6H2,1H3/t7-,8?,9-. The highest BCUT2D eigenvalue weighted by Crippen LogP contribution is 2.24. The van der Waals surface area contributed by atoms with Gasteiger partial charge in [0, 0.05) is 18.6 Å². The summed E-state index contributed by atoms with van der Waals surface area (Å²) >= 11 is 0. The van der Waals surface area contributed by atoms with Crippen molar-refractivity contribution in [3.63, 3.8) is 0 Å². The summed E-state index contributed by atoms with van der Waals surface area (Å²) in [5.41, 5.74) is 0. The predicted octanol–water partition coefficient (Wildman–Crippen LogP) is 0.781. The van der Waals surface area contributed by atoms with E-state index in [0.29, 0.717) is 12.1 Å². The molecule has 1 atom stereocenters. The number of likely N-dealkylation sites (N-methyl/N-ethyl adjacent to an activating group) is 1. The molecule has 1 N–H and O–H groups in total. The molecule has 2 nitrogen and oxygen atoms in total. The van der Waals surface area contributed by atoms with Gasteiger partial charge in [-0.15, -0.1) is 0 Å². The van der Waals surface area contributed by atoms with Crippen LogP contribution in [0.3, 0.4) is 0 Å². The zero-order valence-corrected chi connectivity index (χ0v) is 7.59. The lowest BCUT2D eigenvalue weighted by atomic mass is 9.90. The van der Waals surface area contributed by atoms with Gasteiger partial charge in [-0.2, -0.15) is 0 Å². The molecular weight excluding hydrogens is 155 g/mol. The summed E-state index contributed by atoms with van der Waals surface area (Å²) in [7, 11) is 2.14. The van der Waals surface area contributed by atoms with Crippen molar-refractivity contribution in [3.8, 4) is 0 Å². The Kier molecular flexibility index (Phi) is 2.33. The molecule has 12 heavy (non-hydrogen) atoms. The van der Waals surface area contributed by atoms with Crippen molar-refractivity contribution in [2.24, 2.45) is 0 Å². The van der Waals surface area contributed by atoms with Crippen molar-refractivity contribution in [1.29, 1.82) is 0 Å². The van der Waals surface area contributed by atoms with Crippen molar-refractivity contribution >= 4 is 0 Å². The van der Waals surface area contributed by atoms with Gasteiger partial charge in [0.05, 0.1) is 0 Å². The minimum atomic E-state index is -0.526. The lowest BCUT2D eigenvalue weighted by molar-refractivity contribution is 0.146. The van der Waals surface area contributed by atoms with Crippen LogP contribution in [-0.2, 0) is 0 Å². The van der Waals surface area contributed by atoms with E-state index in [1.54, 1.807) is 0 Å². The Morgan fingerprint density at radius 1 is 1.33 bits per heavy atom. The third-order valence-corrected chi connectivity index (χ3v) is 2.94. The first-order chi connectivity index (χ1) is 5.74. The molecule has 1 aliphatic carbocycles. The van der Waals surface area contributed by atoms with E-state index in [1.165, 1.54) is 13.0 Å². The van der Waals surface area contributed by atoms with Crippen LogP contribution in [0.15, 0.2) is 0 Å². The number of likely N-dealkylation sites (tertiary alicyclic amines) is 1. The number of nitrogens with one attached hydrogen (secondary N) is 1. The van der Waals surface area contributed by atoms with E-state index in [2.05, 4.69) is 17.3 Å². The maximum Gasteiger partial charge on any atom is 0.103 e. The molecule has 1 saturated heterocycles. The van der Waals surface area contributed by atoms with Crippen LogP contribution in [0.25, 0.3) is 0 Å². The Hall–Kier alpha value is -0.150. The average Bonchev–Trinajstić information content (AvgIpc) is 2.33. The molecule has 0 aromatic heterocycles. The molecule has 1 unspecified atom stereocenters. The molecule has 1 heterocycles. The maximum absolute atomic E-state index is 12.5. The number of hydrogen-bond donors (Lipinski definition) is 1. The van der Waals surface area contributed by atoms with E-state index in [0.717, 1.165) is 19.4 Å². The third-order valence-electron chi connectivity index (χ3n) is 2.94. The lowest BCUT2D eigenvalue weighted by Gasteiger charge is -2.32. The summed E-state index contributed by atoms with van der Waals surface area (Å²) in [6.45, 7) is 2.32. The molecule has 70 valence electrons. The fraction of sp³-hybridized carbons (Fsp3) is 1.00. The molecule has 2 aliphatic rings. The van der Waals surface area contributed by atoms with E-state index in [4.69, 9.17) is 0 Å². The zero-order valence-electron chi connectivity index (χ0n) is 7.59. The van der Waals surface area contributed by atoms with E-state index in [-0.39, 0.29) is 0 Å². The van der Waals surface area contributed by atoms with Crippen molar-refractivity contribution in [3.05, 3.63) is 0 Å². The Morgan fingerprint density at radius 2 is 2.08 bits per heavy atom. The van der Waals surface area contributed by atoms with Crippen molar-refractivity contribution in [1.82, 2.24) is 10.2 Å². The van der Waals surface area contributed by atoms with Crippen molar-refractivity contribution < 1.29 is 4.39 Å². The van der Waals surface area contributed by atoms with Crippen LogP contribution in [0.5, 0.6) is 0 Å². The van der Waals surface area contributed by atoms with Crippen LogP contribution in [0, 0.1) is 0 Å². The molecule has 1 aliphatic heterocycles. The first kappa shape index (κ1) is 8.45. The van der Waals surface area contributed by atoms with Gasteiger partial charge in [-0.3, -0.25) is 0 Å². The minimum absolute atomic E-state index is 0.469. The number of hydrogen-bond acceptors (Lipinski definition) is 2. The first-order valence-corrected chi connectivity index (χ1v) is 4.82. The van der Waals surface area contributed by atoms with Crippen LogP contribution >= 0.6 is 0 Å². The largest absolute Gasteiger partial charge is 0.310 e. The monoisotopic (exact) mass is 172 g/mol. The molecule has 0 aromatic carbocycles. The fourth-order valence-corrected chi connectivity index (χ4v) is 2.09. The zero-order chi connectivity index (χ0) is 8.55. The Morgan fingerprint density at radius 3 is 2.58 bits per heavy atom. The summed E-state index contributed by atoms with van der Waals surface area (Å²) < 4.78 is 12.5. The summed E-state index contributed by atoms with van der Waals surface area (Å²) in [5.74, 6) is 0. The maximum atomic E-state index is 12.5. The topological polar surface area (TPSA) is 15.3 Å². The summed E-state index contributed by atoms with van der Waals surface area (Å²) in [6, 6.07) is 1.09. The molecule has 0 amide bonds. The number of alkyl halides is 1. The second-order valence-electron chi connectivity index (χ2n) is 4.18. The van der Waals surface area contributed by atoms with Gasteiger partial charge < -0.3 is 10.2 Å². The van der Waals surface area contributed by atoms with Gasteiger partial charge >= 0.3 is 0 Å². The Bertz CT molecular complexity index is 157. The second kappa shape index (κ2) is 3.30. The van der Waals surface area contributed by atoms with E-state index >= 15 is 0 Å². The average molecular weight is 172 g/mol. The predicted molar refractivity (Wildman–Crippen MR) is 47.0 cm³/mol. The molecule has 1 saturated carbocycles. The molecule has 2 fully saturated rings. The number of rotatable bonds is 2. The van der Waals surface area contributed by atoms with E-state index in [9.17, 15) is 4.39 Å². The fourth-order valence-electron chi connectivity index (χ4n) is 2.09. The van der Waals surface area contributed by atoms with Crippen LogP contribution in [0.4, 0.5) is 4.39 Å². The van der Waals surface area contributed by atoms with Gasteiger partial charge in [0.2, 0.25) is 0 Å². The lowest BCUT2D eigenvalue weighted by Crippen LogP contribution is -2.47. The van der Waals surface area contributed by atoms with Crippen LogP contribution in [0.2, 0.25) is 0 Å². The molecule has 2 rings (SSSR count). The number of halogens is 1. The van der Waals surface area contributed by atoms with Gasteiger partial charge in [0.25, 0.3) is 0 Å². The molecule has 0 spiro atoms. The highest BCUT2D eigenvalue weighted by Gasteiger charge is 2.31. The molecule has 3 heteroatoms. The second-order valence-corrected chi connectivity index (χ2v) is 4.18. The quantitative estimate of drug-likeness (QED) is 0.662. The Labute approximate surface area is 73.1 Å². The van der Waals surface area contributed by atoms with Crippen molar-refractivity contribution in [2.75, 3.05) is 20.1 Å². The van der Waals surface area contributed by atoms with E-state index < -0.39 is 6.17 Å². The summed E-state index contributed by atoms with van der Waals surface area (Å²) in [5, 5.41) is 3.49. The van der Waals surface area contributed by atoms with Gasteiger partial charge in [0.15, 0.2) is 0 Å². The van der Waals surface area contributed by atoms with Gasteiger partial charge in [-0.25, -0.2) is 4.39 Å². The molecule has 0 radical (unpaired) electrons. The smallest absolute Gasteiger partial charge is 0.103 e.